The van der Waals surface area contributed by atoms with Gasteiger partial charge in [-0.15, -0.1) is 0 Å². The van der Waals surface area contributed by atoms with Gasteiger partial charge >= 0.3 is 0 Å². The van der Waals surface area contributed by atoms with Crippen LogP contribution in [0.3, 0.4) is 0 Å². The van der Waals surface area contributed by atoms with Crippen LogP contribution in [0.15, 0.2) is 53.3 Å². The summed E-state index contributed by atoms with van der Waals surface area (Å²) in [6, 6.07) is 15.2. The topological polar surface area (TPSA) is 78.2 Å². The zero-order chi connectivity index (χ0) is 21.3. The van der Waals surface area contributed by atoms with E-state index in [2.05, 4.69) is 10.4 Å². The summed E-state index contributed by atoms with van der Waals surface area (Å²) in [5, 5.41) is 8.82. The van der Waals surface area contributed by atoms with Gasteiger partial charge in [-0.3, -0.25) is 9.59 Å². The lowest BCUT2D eigenvalue weighted by Gasteiger charge is -2.11. The van der Waals surface area contributed by atoms with Gasteiger partial charge in [0.15, 0.2) is 5.69 Å². The van der Waals surface area contributed by atoms with E-state index in [4.69, 9.17) is 4.74 Å². The van der Waals surface area contributed by atoms with Gasteiger partial charge in [-0.2, -0.15) is 9.78 Å². The van der Waals surface area contributed by atoms with Crippen LogP contribution >= 0.6 is 0 Å². The van der Waals surface area contributed by atoms with Crippen molar-refractivity contribution in [2.75, 3.05) is 20.3 Å². The van der Waals surface area contributed by atoms with Gasteiger partial charge in [0, 0.05) is 43.6 Å². The lowest BCUT2D eigenvalue weighted by Crippen LogP contribution is -2.31. The van der Waals surface area contributed by atoms with Crippen molar-refractivity contribution in [1.82, 2.24) is 19.7 Å². The number of fused-ring (bicyclic) bond motifs is 3. The van der Waals surface area contributed by atoms with Crippen molar-refractivity contribution in [3.05, 3.63) is 70.1 Å². The average molecular weight is 404 g/mol. The maximum Gasteiger partial charge on any atom is 0.296 e. The molecule has 0 saturated carbocycles. The van der Waals surface area contributed by atoms with Gasteiger partial charge in [0.05, 0.1) is 5.69 Å². The van der Waals surface area contributed by atoms with E-state index in [1.807, 2.05) is 67.1 Å². The Bertz CT molecular complexity index is 1290. The van der Waals surface area contributed by atoms with E-state index in [0.717, 1.165) is 16.5 Å². The van der Waals surface area contributed by atoms with Crippen LogP contribution in [0, 0.1) is 6.92 Å². The molecule has 7 nitrogen and oxygen atoms in total. The molecule has 0 radical (unpaired) electrons. The summed E-state index contributed by atoms with van der Waals surface area (Å²) in [6.07, 6.45) is 0.693. The summed E-state index contributed by atoms with van der Waals surface area (Å²) in [5.41, 5.74) is 3.00. The molecule has 2 aromatic heterocycles. The molecular weight excluding hydrogens is 380 g/mol. The first-order chi connectivity index (χ1) is 14.5. The van der Waals surface area contributed by atoms with Gasteiger partial charge in [-0.25, -0.2) is 0 Å². The number of hydrogen-bond donors (Lipinski definition) is 1. The van der Waals surface area contributed by atoms with Crippen LogP contribution in [0.1, 0.15) is 22.5 Å². The van der Waals surface area contributed by atoms with E-state index in [0.29, 0.717) is 36.2 Å². The van der Waals surface area contributed by atoms with Crippen LogP contribution in [-0.2, 0) is 11.8 Å². The summed E-state index contributed by atoms with van der Waals surface area (Å²) in [5.74, 6) is -0.312. The molecule has 0 unspecified atom stereocenters. The van der Waals surface area contributed by atoms with E-state index < -0.39 is 0 Å². The monoisotopic (exact) mass is 404 g/mol. The molecule has 0 atom stereocenters. The number of para-hydroxylation sites is 1. The lowest BCUT2D eigenvalue weighted by atomic mass is 10.1. The Morgan fingerprint density at radius 3 is 2.60 bits per heavy atom. The molecule has 0 bridgehead atoms. The van der Waals surface area contributed by atoms with Crippen LogP contribution in [0.25, 0.3) is 27.5 Å². The highest BCUT2D eigenvalue weighted by Crippen LogP contribution is 2.28. The summed E-state index contributed by atoms with van der Waals surface area (Å²) in [6.45, 7) is 3.00. The second-order valence-electron chi connectivity index (χ2n) is 7.30. The first kappa shape index (κ1) is 19.8. The minimum atomic E-state index is -0.312. The number of aryl methyl sites for hydroxylation is 2. The van der Waals surface area contributed by atoms with Crippen molar-refractivity contribution in [1.29, 1.82) is 0 Å². The molecule has 154 valence electrons. The van der Waals surface area contributed by atoms with Crippen LogP contribution in [0.4, 0.5) is 0 Å². The van der Waals surface area contributed by atoms with Gasteiger partial charge in [0.1, 0.15) is 5.52 Å². The Hall–Kier alpha value is -3.45. The van der Waals surface area contributed by atoms with E-state index in [-0.39, 0.29) is 17.2 Å². The van der Waals surface area contributed by atoms with Crippen molar-refractivity contribution in [2.45, 2.75) is 13.3 Å². The van der Waals surface area contributed by atoms with E-state index in [9.17, 15) is 9.59 Å². The molecule has 0 fully saturated rings. The van der Waals surface area contributed by atoms with Gasteiger partial charge in [-0.05, 0) is 31.5 Å². The number of rotatable bonds is 6. The number of nitrogens with one attached hydrogen (secondary N) is 1. The second kappa shape index (κ2) is 8.12. The first-order valence-corrected chi connectivity index (χ1v) is 9.87. The highest BCUT2D eigenvalue weighted by molar-refractivity contribution is 6.16. The number of aromatic nitrogens is 3. The molecule has 0 aliphatic rings. The average Bonchev–Trinajstić information content (AvgIpc) is 3.06. The SMILES string of the molecule is COCCCNC(=O)c1nn(-c2ccc(C)cc2)c(=O)c2c1c1ccccc1n2C. The van der Waals surface area contributed by atoms with Gasteiger partial charge in [0.2, 0.25) is 0 Å². The predicted molar refractivity (Wildman–Crippen MR) is 117 cm³/mol. The predicted octanol–water partition coefficient (Wildman–Crippen LogP) is 2.95. The lowest BCUT2D eigenvalue weighted by molar-refractivity contribution is 0.0944. The fourth-order valence-electron chi connectivity index (χ4n) is 3.70. The number of benzene rings is 2. The van der Waals surface area contributed by atoms with Crippen molar-refractivity contribution in [3.8, 4) is 5.69 Å². The third kappa shape index (κ3) is 3.37. The number of carbonyl (C=O) groups is 1. The third-order valence-electron chi connectivity index (χ3n) is 5.24. The first-order valence-electron chi connectivity index (χ1n) is 9.87. The zero-order valence-corrected chi connectivity index (χ0v) is 17.3. The molecule has 4 rings (SSSR count). The van der Waals surface area contributed by atoms with Gasteiger partial charge in [-0.1, -0.05) is 35.9 Å². The minimum absolute atomic E-state index is 0.236. The molecule has 0 saturated heterocycles. The van der Waals surface area contributed by atoms with Gasteiger partial charge in [0.25, 0.3) is 11.5 Å². The maximum absolute atomic E-state index is 13.4. The molecule has 0 spiro atoms. The van der Waals surface area contributed by atoms with Crippen LogP contribution in [0.5, 0.6) is 0 Å². The van der Waals surface area contributed by atoms with Crippen molar-refractivity contribution in [2.24, 2.45) is 7.05 Å². The Labute approximate surface area is 173 Å². The summed E-state index contributed by atoms with van der Waals surface area (Å²) in [4.78, 5) is 26.5. The Morgan fingerprint density at radius 1 is 1.13 bits per heavy atom. The van der Waals surface area contributed by atoms with Crippen molar-refractivity contribution < 1.29 is 9.53 Å². The quantitative estimate of drug-likeness (QED) is 0.501. The zero-order valence-electron chi connectivity index (χ0n) is 17.3. The van der Waals surface area contributed by atoms with E-state index in [1.54, 1.807) is 7.11 Å². The summed E-state index contributed by atoms with van der Waals surface area (Å²) < 4.78 is 8.19. The fourth-order valence-corrected chi connectivity index (χ4v) is 3.70. The van der Waals surface area contributed by atoms with E-state index in [1.165, 1.54) is 4.68 Å². The Morgan fingerprint density at radius 2 is 1.87 bits per heavy atom. The van der Waals surface area contributed by atoms with E-state index >= 15 is 0 Å². The molecule has 2 aromatic carbocycles. The number of methoxy groups -OCH3 is 1. The molecular formula is C23H24N4O3. The number of carbonyl (C=O) groups excluding carboxylic acids is 1. The summed E-state index contributed by atoms with van der Waals surface area (Å²) >= 11 is 0. The van der Waals surface area contributed by atoms with Crippen LogP contribution in [-0.4, -0.2) is 40.5 Å². The molecule has 1 amide bonds. The molecule has 2 heterocycles. The minimum Gasteiger partial charge on any atom is -0.385 e. The molecule has 0 aliphatic carbocycles. The number of ether oxygens (including phenoxy) is 1. The number of amides is 1. The molecule has 7 heteroatoms. The highest BCUT2D eigenvalue weighted by Gasteiger charge is 2.23. The largest absolute Gasteiger partial charge is 0.385 e. The smallest absolute Gasteiger partial charge is 0.296 e. The van der Waals surface area contributed by atoms with Crippen LogP contribution < -0.4 is 10.9 Å². The third-order valence-corrected chi connectivity index (χ3v) is 5.24. The molecule has 0 aliphatic heterocycles. The summed E-state index contributed by atoms with van der Waals surface area (Å²) in [7, 11) is 3.46. The Kier molecular flexibility index (Phi) is 5.37. The highest BCUT2D eigenvalue weighted by atomic mass is 16.5. The van der Waals surface area contributed by atoms with Gasteiger partial charge < -0.3 is 14.6 Å². The maximum atomic E-state index is 13.4. The normalized spacial score (nSPS) is 11.3. The number of nitrogens with zero attached hydrogens (tertiary/aromatic N) is 3. The fraction of sp³-hybridized carbons (Fsp3) is 0.261. The number of hydrogen-bond acceptors (Lipinski definition) is 4. The second-order valence-corrected chi connectivity index (χ2v) is 7.30. The van der Waals surface area contributed by atoms with Crippen molar-refractivity contribution >= 4 is 27.7 Å². The van der Waals surface area contributed by atoms with Crippen LogP contribution in [0.2, 0.25) is 0 Å². The molecule has 30 heavy (non-hydrogen) atoms. The standard InChI is InChI=1S/C23H24N4O3/c1-15-9-11-16(12-10-15)27-23(29)21-19(17-7-4-5-8-18(17)26(21)2)20(25-27)22(28)24-13-6-14-30-3/h4-5,7-12H,6,13-14H2,1-3H3,(H,24,28). The molecule has 1 N–H and O–H groups in total. The van der Waals surface area contributed by atoms with Crippen molar-refractivity contribution in [3.63, 3.8) is 0 Å². The molecule has 4 aromatic rings. The Balaban J connectivity index is 1.96.